The third-order valence-electron chi connectivity index (χ3n) is 3.35. The predicted octanol–water partition coefficient (Wildman–Crippen LogP) is 3.75. The van der Waals surface area contributed by atoms with Crippen molar-refractivity contribution >= 4 is 33.8 Å². The van der Waals surface area contributed by atoms with Crippen molar-refractivity contribution in [1.29, 1.82) is 0 Å². The van der Waals surface area contributed by atoms with Crippen molar-refractivity contribution < 1.29 is 9.59 Å². The molecule has 1 atom stereocenters. The van der Waals surface area contributed by atoms with E-state index in [1.807, 2.05) is 24.3 Å². The Bertz CT molecular complexity index is 476. The summed E-state index contributed by atoms with van der Waals surface area (Å²) in [6, 6.07) is 7.88. The van der Waals surface area contributed by atoms with Gasteiger partial charge in [0.1, 0.15) is 0 Å². The van der Waals surface area contributed by atoms with Crippen LogP contribution in [0.1, 0.15) is 28.8 Å². The van der Waals surface area contributed by atoms with Gasteiger partial charge >= 0.3 is 0 Å². The molecule has 1 fully saturated rings. The van der Waals surface area contributed by atoms with Crippen molar-refractivity contribution in [3.63, 3.8) is 0 Å². The molecule has 0 bridgehead atoms. The molecule has 0 radical (unpaired) electrons. The molecule has 1 aromatic carbocycles. The van der Waals surface area contributed by atoms with Gasteiger partial charge in [-0.25, -0.2) is 0 Å². The van der Waals surface area contributed by atoms with Crippen LogP contribution in [0.4, 0.5) is 4.79 Å². The number of rotatable bonds is 2. The molecule has 0 amide bonds. The van der Waals surface area contributed by atoms with Crippen LogP contribution in [0.5, 0.6) is 0 Å². The zero-order chi connectivity index (χ0) is 11.8. The van der Waals surface area contributed by atoms with E-state index in [0.717, 1.165) is 24.8 Å². The van der Waals surface area contributed by atoms with Crippen LogP contribution in [0.25, 0.3) is 0 Å². The van der Waals surface area contributed by atoms with Gasteiger partial charge in [-0.05, 0) is 24.8 Å². The normalized spacial score (nSPS) is 24.4. The van der Waals surface area contributed by atoms with Crippen LogP contribution in [-0.4, -0.2) is 14.8 Å². The predicted molar refractivity (Wildman–Crippen MR) is 71.6 cm³/mol. The Morgan fingerprint density at radius 3 is 2.71 bits per heavy atom. The lowest BCUT2D eigenvalue weighted by Crippen LogP contribution is -2.27. The molecule has 1 aliphatic heterocycles. The van der Waals surface area contributed by atoms with E-state index in [2.05, 4.69) is 0 Å². The molecular weight excluding hydrogens is 252 g/mol. The fourth-order valence-electron chi connectivity index (χ4n) is 2.44. The molecule has 17 heavy (non-hydrogen) atoms. The van der Waals surface area contributed by atoms with Crippen LogP contribution < -0.4 is 0 Å². The van der Waals surface area contributed by atoms with Gasteiger partial charge in [-0.15, -0.1) is 0 Å². The highest BCUT2D eigenvalue weighted by atomic mass is 32.3. The Kier molecular flexibility index (Phi) is 3.01. The number of aryl methyl sites for hydroxylation is 1. The van der Waals surface area contributed by atoms with Gasteiger partial charge in [0.05, 0.1) is 4.58 Å². The van der Waals surface area contributed by atoms with E-state index in [0.29, 0.717) is 4.58 Å². The van der Waals surface area contributed by atoms with E-state index in [9.17, 15) is 9.59 Å². The zero-order valence-corrected chi connectivity index (χ0v) is 10.9. The van der Waals surface area contributed by atoms with Gasteiger partial charge in [-0.1, -0.05) is 47.8 Å². The smallest absolute Gasteiger partial charge is 0.248 e. The third kappa shape index (κ3) is 2.16. The SMILES string of the molecule is O=C1SC(CC2CCc3ccccc3C2=O)S1. The van der Waals surface area contributed by atoms with Crippen LogP contribution in [0.3, 0.4) is 0 Å². The Morgan fingerprint density at radius 1 is 1.18 bits per heavy atom. The molecule has 0 N–H and O–H groups in total. The monoisotopic (exact) mass is 264 g/mol. The standard InChI is InChI=1S/C13H12O2S2/c14-12-9(7-11-16-13(15)17-11)6-5-8-3-1-2-4-10(8)12/h1-4,9,11H,5-7H2. The van der Waals surface area contributed by atoms with Gasteiger partial charge in [0.2, 0.25) is 4.45 Å². The summed E-state index contributed by atoms with van der Waals surface area (Å²) in [6.07, 6.45) is 2.76. The van der Waals surface area contributed by atoms with Gasteiger partial charge in [-0.2, -0.15) is 0 Å². The second-order valence-corrected chi connectivity index (χ2v) is 7.32. The molecule has 1 aliphatic carbocycles. The molecule has 0 spiro atoms. The minimum absolute atomic E-state index is 0.114. The maximum atomic E-state index is 12.3. The average Bonchev–Trinajstić information content (AvgIpc) is 2.31. The number of Topliss-reactive ketones (excluding diaryl/α,β-unsaturated/α-hetero) is 1. The van der Waals surface area contributed by atoms with Crippen LogP contribution in [-0.2, 0) is 6.42 Å². The summed E-state index contributed by atoms with van der Waals surface area (Å²) in [6.45, 7) is 0. The van der Waals surface area contributed by atoms with Crippen molar-refractivity contribution in [2.45, 2.75) is 23.8 Å². The number of thioether (sulfide) groups is 2. The first-order valence-electron chi connectivity index (χ1n) is 5.73. The number of fused-ring (bicyclic) bond motifs is 1. The first-order valence-corrected chi connectivity index (χ1v) is 7.49. The lowest BCUT2D eigenvalue weighted by molar-refractivity contribution is 0.0898. The number of carbonyl (C=O) groups excluding carboxylic acids is 2. The van der Waals surface area contributed by atoms with Gasteiger partial charge in [0.15, 0.2) is 5.78 Å². The quantitative estimate of drug-likeness (QED) is 0.814. The lowest BCUT2D eigenvalue weighted by atomic mass is 9.81. The van der Waals surface area contributed by atoms with Gasteiger partial charge in [0, 0.05) is 11.5 Å². The van der Waals surface area contributed by atoms with Gasteiger partial charge < -0.3 is 0 Å². The maximum Gasteiger partial charge on any atom is 0.248 e. The first kappa shape index (κ1) is 11.4. The molecule has 88 valence electrons. The van der Waals surface area contributed by atoms with Gasteiger partial charge in [0.25, 0.3) is 0 Å². The number of hydrogen-bond acceptors (Lipinski definition) is 4. The van der Waals surface area contributed by atoms with Crippen LogP contribution in [0, 0.1) is 5.92 Å². The average molecular weight is 264 g/mol. The molecule has 2 aliphatic rings. The maximum absolute atomic E-state index is 12.3. The third-order valence-corrected chi connectivity index (χ3v) is 5.80. The minimum Gasteiger partial charge on any atom is -0.294 e. The van der Waals surface area contributed by atoms with E-state index in [1.165, 1.54) is 29.1 Å². The Labute approximate surface area is 109 Å². The highest BCUT2D eigenvalue weighted by Crippen LogP contribution is 2.46. The fraction of sp³-hybridized carbons (Fsp3) is 0.385. The minimum atomic E-state index is 0.114. The summed E-state index contributed by atoms with van der Waals surface area (Å²) in [5, 5.41) is 0. The highest BCUT2D eigenvalue weighted by molar-refractivity contribution is 8.53. The first-order chi connectivity index (χ1) is 8.24. The summed E-state index contributed by atoms with van der Waals surface area (Å²) in [7, 11) is 0. The summed E-state index contributed by atoms with van der Waals surface area (Å²) in [5.41, 5.74) is 2.07. The van der Waals surface area contributed by atoms with E-state index in [4.69, 9.17) is 0 Å². The van der Waals surface area contributed by atoms with E-state index in [1.54, 1.807) is 0 Å². The van der Waals surface area contributed by atoms with Crippen LogP contribution in [0.15, 0.2) is 24.3 Å². The Balaban J connectivity index is 1.73. The summed E-state index contributed by atoms with van der Waals surface area (Å²) in [5.74, 6) is 0.385. The molecule has 0 saturated carbocycles. The van der Waals surface area contributed by atoms with Crippen LogP contribution >= 0.6 is 23.5 Å². The van der Waals surface area contributed by atoms with Gasteiger partial charge in [-0.3, -0.25) is 9.59 Å². The summed E-state index contributed by atoms with van der Waals surface area (Å²) >= 11 is 2.75. The fourth-order valence-corrected chi connectivity index (χ4v) is 4.47. The van der Waals surface area contributed by atoms with Crippen molar-refractivity contribution in [2.75, 3.05) is 0 Å². The molecule has 2 nitrogen and oxygen atoms in total. The highest BCUT2D eigenvalue weighted by Gasteiger charge is 2.35. The number of hydrogen-bond donors (Lipinski definition) is 0. The molecule has 0 aromatic heterocycles. The number of carbonyl (C=O) groups is 2. The molecule has 4 heteroatoms. The number of ketones is 1. The molecular formula is C13H12O2S2. The van der Waals surface area contributed by atoms with E-state index < -0.39 is 0 Å². The lowest BCUT2D eigenvalue weighted by Gasteiger charge is -2.29. The molecule has 3 rings (SSSR count). The molecule has 1 aromatic rings. The largest absolute Gasteiger partial charge is 0.294 e. The second kappa shape index (κ2) is 4.50. The topological polar surface area (TPSA) is 34.1 Å². The zero-order valence-electron chi connectivity index (χ0n) is 9.22. The molecule has 1 unspecified atom stereocenters. The van der Waals surface area contributed by atoms with Crippen molar-refractivity contribution in [1.82, 2.24) is 0 Å². The van der Waals surface area contributed by atoms with Crippen LogP contribution in [0.2, 0.25) is 0 Å². The van der Waals surface area contributed by atoms with E-state index in [-0.39, 0.29) is 16.1 Å². The van der Waals surface area contributed by atoms with E-state index >= 15 is 0 Å². The van der Waals surface area contributed by atoms with Crippen molar-refractivity contribution in [3.05, 3.63) is 35.4 Å². The summed E-state index contributed by atoms with van der Waals surface area (Å²) < 4.78 is 0.500. The molecule has 1 heterocycles. The summed E-state index contributed by atoms with van der Waals surface area (Å²) in [4.78, 5) is 23.1. The van der Waals surface area contributed by atoms with Crippen molar-refractivity contribution in [2.24, 2.45) is 5.92 Å². The number of benzene rings is 1. The Morgan fingerprint density at radius 2 is 1.94 bits per heavy atom. The Hall–Kier alpha value is -0.740. The second-order valence-electron chi connectivity index (χ2n) is 4.41. The molecule has 1 saturated heterocycles. The van der Waals surface area contributed by atoms with Crippen molar-refractivity contribution in [3.8, 4) is 0 Å².